The first kappa shape index (κ1) is 17.9. The zero-order valence-corrected chi connectivity index (χ0v) is 10.7. The van der Waals surface area contributed by atoms with Gasteiger partial charge in [0.15, 0.2) is 5.78 Å². The van der Waals surface area contributed by atoms with Crippen LogP contribution in [0.25, 0.3) is 0 Å². The van der Waals surface area contributed by atoms with Crippen LogP contribution in [0, 0.1) is 0 Å². The lowest BCUT2D eigenvalue weighted by molar-refractivity contribution is -0.643. The lowest BCUT2D eigenvalue weighted by Gasteiger charge is -2.25. The van der Waals surface area contributed by atoms with Gasteiger partial charge in [-0.2, -0.15) is 30.7 Å². The molecular weight excluding hydrogens is 325 g/mol. The third kappa shape index (κ3) is 3.17. The highest BCUT2D eigenvalue weighted by molar-refractivity contribution is 5.93. The number of aromatic nitrogens is 1. The summed E-state index contributed by atoms with van der Waals surface area (Å²) in [5.41, 5.74) is 1.27. The number of ketones is 1. The Hall–Kier alpha value is -2.20. The Bertz CT molecular complexity index is 581. The van der Waals surface area contributed by atoms with E-state index in [0.717, 1.165) is 30.0 Å². The molecule has 1 aromatic heterocycles. The highest BCUT2D eigenvalue weighted by Crippen LogP contribution is 2.46. The lowest BCUT2D eigenvalue weighted by atomic mass is 10.1. The molecule has 0 atom stereocenters. The predicted molar refractivity (Wildman–Crippen MR) is 57.0 cm³/mol. The van der Waals surface area contributed by atoms with Crippen molar-refractivity contribution in [2.75, 3.05) is 5.43 Å². The normalized spacial score (nSPS) is 12.9. The topological polar surface area (TPSA) is 50.0 Å². The number of hydrogen-bond donors (Lipinski definition) is 1. The molecule has 1 heterocycles. The van der Waals surface area contributed by atoms with Gasteiger partial charge in [-0.05, 0) is 6.92 Å². The van der Waals surface area contributed by atoms with Crippen LogP contribution in [-0.4, -0.2) is 29.7 Å². The lowest BCUT2D eigenvalue weighted by Crippen LogP contribution is -2.62. The molecule has 0 saturated carbocycles. The number of carbonyl (C=O) groups excluding carboxylic acids is 2. The van der Waals surface area contributed by atoms with Crippen LogP contribution in [0.2, 0.25) is 0 Å². The summed E-state index contributed by atoms with van der Waals surface area (Å²) >= 11 is 0. The maximum atomic E-state index is 13.0. The molecule has 1 rings (SSSR count). The number of halogens is 7. The molecule has 0 unspecified atom stereocenters. The number of nitrogens with zero attached hydrogens (tertiary/aromatic N) is 1. The van der Waals surface area contributed by atoms with Gasteiger partial charge in [-0.25, -0.2) is 0 Å². The van der Waals surface area contributed by atoms with E-state index in [2.05, 4.69) is 0 Å². The fourth-order valence-electron chi connectivity index (χ4n) is 1.24. The Morgan fingerprint density at radius 1 is 1.00 bits per heavy atom. The fraction of sp³-hybridized carbons (Fsp3) is 0.364. The summed E-state index contributed by atoms with van der Waals surface area (Å²) < 4.78 is 87.5. The Morgan fingerprint density at radius 2 is 1.45 bits per heavy atom. The number of nitrogens with one attached hydrogen (secondary N) is 1. The molecule has 0 aliphatic rings. The predicted octanol–water partition coefficient (Wildman–Crippen LogP) is 2.08. The highest BCUT2D eigenvalue weighted by atomic mass is 19.4. The van der Waals surface area contributed by atoms with Crippen molar-refractivity contribution in [3.8, 4) is 0 Å². The zero-order valence-electron chi connectivity index (χ0n) is 10.7. The standard InChI is InChI=1S/C11H7F7N2O2/c1-6(21)7-2-4-20(5-3-7)19-8(22)9(12,13)10(14,15)11(16,17)18/h2-5H,1H3/p+1. The maximum Gasteiger partial charge on any atom is 0.460 e. The minimum atomic E-state index is -6.60. The van der Waals surface area contributed by atoms with E-state index in [1.807, 2.05) is 0 Å². The molecule has 1 amide bonds. The number of hydrogen-bond acceptors (Lipinski definition) is 2. The molecule has 22 heavy (non-hydrogen) atoms. The van der Waals surface area contributed by atoms with Gasteiger partial charge in [0.05, 0.1) is 0 Å². The Kier molecular flexibility index (Phi) is 4.49. The van der Waals surface area contributed by atoms with E-state index in [0.29, 0.717) is 4.68 Å². The Morgan fingerprint density at radius 3 is 1.82 bits per heavy atom. The average molecular weight is 333 g/mol. The zero-order chi connectivity index (χ0) is 17.3. The summed E-state index contributed by atoms with van der Waals surface area (Å²) in [5.74, 6) is -15.8. The fourth-order valence-corrected chi connectivity index (χ4v) is 1.24. The number of carbonyl (C=O) groups is 2. The van der Waals surface area contributed by atoms with Crippen LogP contribution in [0.15, 0.2) is 24.5 Å². The average Bonchev–Trinajstić information content (AvgIpc) is 2.37. The van der Waals surface area contributed by atoms with Gasteiger partial charge in [-0.3, -0.25) is 9.59 Å². The molecule has 0 saturated heterocycles. The first-order chi connectivity index (χ1) is 9.80. The second-order valence-corrected chi connectivity index (χ2v) is 4.14. The SMILES string of the molecule is CC(=O)c1cc[n+](NC(=O)C(F)(F)C(F)(F)C(F)(F)F)cc1. The van der Waals surface area contributed by atoms with E-state index in [1.165, 1.54) is 6.92 Å². The Labute approximate surface area is 118 Å². The summed E-state index contributed by atoms with van der Waals surface area (Å²) in [4.78, 5) is 22.0. The van der Waals surface area contributed by atoms with Crippen LogP contribution >= 0.6 is 0 Å². The van der Waals surface area contributed by atoms with E-state index in [-0.39, 0.29) is 5.56 Å². The molecule has 0 aliphatic heterocycles. The molecule has 4 nitrogen and oxygen atoms in total. The first-order valence-corrected chi connectivity index (χ1v) is 5.47. The number of rotatable bonds is 4. The van der Waals surface area contributed by atoms with E-state index in [9.17, 15) is 40.3 Å². The van der Waals surface area contributed by atoms with E-state index in [4.69, 9.17) is 0 Å². The molecule has 122 valence electrons. The van der Waals surface area contributed by atoms with Crippen LogP contribution < -0.4 is 10.1 Å². The van der Waals surface area contributed by atoms with Crippen LogP contribution in [0.4, 0.5) is 30.7 Å². The largest absolute Gasteiger partial charge is 0.460 e. The van der Waals surface area contributed by atoms with Gasteiger partial charge in [0, 0.05) is 17.7 Å². The van der Waals surface area contributed by atoms with Gasteiger partial charge in [0.1, 0.15) is 0 Å². The monoisotopic (exact) mass is 333 g/mol. The first-order valence-electron chi connectivity index (χ1n) is 5.47. The van der Waals surface area contributed by atoms with Crippen molar-refractivity contribution in [3.63, 3.8) is 0 Å². The summed E-state index contributed by atoms with van der Waals surface area (Å²) in [6.45, 7) is 1.18. The molecule has 0 aliphatic carbocycles. The van der Waals surface area contributed by atoms with Crippen LogP contribution in [0.5, 0.6) is 0 Å². The van der Waals surface area contributed by atoms with Gasteiger partial charge in [0.25, 0.3) is 0 Å². The van der Waals surface area contributed by atoms with E-state index in [1.54, 1.807) is 0 Å². The second-order valence-electron chi connectivity index (χ2n) is 4.14. The highest BCUT2D eigenvalue weighted by Gasteiger charge is 2.77. The maximum absolute atomic E-state index is 13.0. The van der Waals surface area contributed by atoms with Crippen molar-refractivity contribution in [3.05, 3.63) is 30.1 Å². The molecule has 1 N–H and O–H groups in total. The molecular formula is C11H8F7N2O2+. The second kappa shape index (κ2) is 5.54. The van der Waals surface area contributed by atoms with E-state index < -0.39 is 29.7 Å². The third-order valence-electron chi connectivity index (χ3n) is 2.50. The summed E-state index contributed by atoms with van der Waals surface area (Å²) in [7, 11) is 0. The molecule has 11 heteroatoms. The minimum absolute atomic E-state index is 0.109. The number of amides is 1. The van der Waals surface area contributed by atoms with Gasteiger partial charge >= 0.3 is 23.9 Å². The molecule has 0 aromatic carbocycles. The van der Waals surface area contributed by atoms with Crippen LogP contribution in [0.1, 0.15) is 17.3 Å². The van der Waals surface area contributed by atoms with Crippen molar-refractivity contribution >= 4 is 11.7 Å². The van der Waals surface area contributed by atoms with E-state index >= 15 is 0 Å². The summed E-state index contributed by atoms with van der Waals surface area (Å²) in [6, 6.07) is 2.09. The smallest absolute Gasteiger partial charge is 0.295 e. The van der Waals surface area contributed by atoms with Gasteiger partial charge in [-0.1, -0.05) is 4.68 Å². The molecule has 0 bridgehead atoms. The molecule has 0 fully saturated rings. The molecule has 0 spiro atoms. The molecule has 0 radical (unpaired) electrons. The van der Waals surface area contributed by atoms with Gasteiger partial charge < -0.3 is 0 Å². The van der Waals surface area contributed by atoms with Gasteiger partial charge in [-0.15, -0.1) is 5.43 Å². The number of pyridine rings is 1. The molecule has 1 aromatic rings. The Balaban J connectivity index is 2.98. The number of alkyl halides is 7. The number of Topliss-reactive ketones (excluding diaryl/α,β-unsaturated/α-hetero) is 1. The van der Waals surface area contributed by atoms with Crippen molar-refractivity contribution in [1.29, 1.82) is 0 Å². The minimum Gasteiger partial charge on any atom is -0.295 e. The van der Waals surface area contributed by atoms with Crippen molar-refractivity contribution in [2.24, 2.45) is 0 Å². The van der Waals surface area contributed by atoms with Crippen LogP contribution in [0.3, 0.4) is 0 Å². The van der Waals surface area contributed by atoms with Crippen LogP contribution in [-0.2, 0) is 4.79 Å². The van der Waals surface area contributed by atoms with Crippen molar-refractivity contribution < 1.29 is 45.0 Å². The third-order valence-corrected chi connectivity index (χ3v) is 2.50. The summed E-state index contributed by atoms with van der Waals surface area (Å²) in [5, 5.41) is 0. The van der Waals surface area contributed by atoms with Crippen molar-refractivity contribution in [1.82, 2.24) is 0 Å². The van der Waals surface area contributed by atoms with Gasteiger partial charge in [0.2, 0.25) is 12.4 Å². The quantitative estimate of drug-likeness (QED) is 0.521. The summed E-state index contributed by atoms with van der Waals surface area (Å²) in [6.07, 6.45) is -4.94. The van der Waals surface area contributed by atoms with Crippen molar-refractivity contribution in [2.45, 2.75) is 24.9 Å².